The van der Waals surface area contributed by atoms with E-state index in [9.17, 15) is 4.79 Å². The van der Waals surface area contributed by atoms with E-state index in [4.69, 9.17) is 5.84 Å². The van der Waals surface area contributed by atoms with Gasteiger partial charge >= 0.3 is 0 Å². The highest BCUT2D eigenvalue weighted by Crippen LogP contribution is 2.16. The van der Waals surface area contributed by atoms with Crippen molar-refractivity contribution in [2.75, 3.05) is 5.43 Å². The van der Waals surface area contributed by atoms with Gasteiger partial charge in [0.05, 0.1) is 18.3 Å². The van der Waals surface area contributed by atoms with Gasteiger partial charge in [-0.15, -0.1) is 21.5 Å². The van der Waals surface area contributed by atoms with Gasteiger partial charge in [-0.2, -0.15) is 0 Å². The summed E-state index contributed by atoms with van der Waals surface area (Å²) in [6.07, 6.45) is 1.53. The second-order valence-electron chi connectivity index (χ2n) is 3.46. The van der Waals surface area contributed by atoms with E-state index in [1.165, 1.54) is 33.6 Å². The number of nitrogens with zero attached hydrogens (tertiary/aromatic N) is 4. The predicted molar refractivity (Wildman–Crippen MR) is 70.7 cm³/mol. The summed E-state index contributed by atoms with van der Waals surface area (Å²) in [4.78, 5) is 17.1. The van der Waals surface area contributed by atoms with Crippen LogP contribution >= 0.6 is 22.7 Å². The van der Waals surface area contributed by atoms with Gasteiger partial charge in [0.1, 0.15) is 9.84 Å². The third kappa shape index (κ3) is 1.88. The van der Waals surface area contributed by atoms with Crippen molar-refractivity contribution in [2.45, 2.75) is 6.54 Å². The average molecular weight is 280 g/mol. The summed E-state index contributed by atoms with van der Waals surface area (Å²) in [5, 5.41) is 11.4. The van der Waals surface area contributed by atoms with Gasteiger partial charge in [-0.25, -0.2) is 10.8 Å². The van der Waals surface area contributed by atoms with E-state index in [0.717, 1.165) is 4.83 Å². The summed E-state index contributed by atoms with van der Waals surface area (Å²) in [6, 6.07) is 1.78. The van der Waals surface area contributed by atoms with Crippen LogP contribution in [0.4, 0.5) is 5.13 Å². The van der Waals surface area contributed by atoms with Crippen molar-refractivity contribution in [3.63, 3.8) is 0 Å². The van der Waals surface area contributed by atoms with Crippen molar-refractivity contribution >= 4 is 38.0 Å². The van der Waals surface area contributed by atoms with Crippen LogP contribution in [0.15, 0.2) is 22.6 Å². The van der Waals surface area contributed by atoms with Crippen molar-refractivity contribution in [3.05, 3.63) is 33.1 Å². The first kappa shape index (κ1) is 11.3. The summed E-state index contributed by atoms with van der Waals surface area (Å²) in [5.41, 5.74) is 2.35. The topological polar surface area (TPSA) is 98.7 Å². The molecule has 0 aliphatic heterocycles. The summed E-state index contributed by atoms with van der Waals surface area (Å²) in [6.45, 7) is 0.344. The van der Waals surface area contributed by atoms with Crippen LogP contribution in [0.1, 0.15) is 5.01 Å². The minimum Gasteiger partial charge on any atom is -0.298 e. The normalized spacial score (nSPS) is 10.9. The Labute approximate surface area is 109 Å². The second kappa shape index (κ2) is 4.44. The molecule has 0 radical (unpaired) electrons. The molecular formula is C9H8N6OS2. The molecule has 3 aromatic rings. The fourth-order valence-electron chi connectivity index (χ4n) is 1.53. The van der Waals surface area contributed by atoms with Gasteiger partial charge in [0.25, 0.3) is 5.56 Å². The van der Waals surface area contributed by atoms with Crippen LogP contribution in [0.25, 0.3) is 10.2 Å². The standard InChI is InChI=1S/C9H8N6OS2/c10-12-9-14-13-6(18-9)3-15-4-11-7-5(8(15)16)1-2-17-7/h1-2,4H,3,10H2,(H,12,14). The number of hydrogen-bond donors (Lipinski definition) is 2. The van der Waals surface area contributed by atoms with E-state index in [0.29, 0.717) is 22.1 Å². The first-order valence-electron chi connectivity index (χ1n) is 4.99. The smallest absolute Gasteiger partial charge is 0.262 e. The fraction of sp³-hybridized carbons (Fsp3) is 0.111. The van der Waals surface area contributed by atoms with E-state index in [-0.39, 0.29) is 5.56 Å². The fourth-order valence-corrected chi connectivity index (χ4v) is 2.90. The highest BCUT2D eigenvalue weighted by Gasteiger charge is 2.08. The predicted octanol–water partition coefficient (Wildman–Crippen LogP) is 0.643. The molecule has 3 aromatic heterocycles. The molecule has 0 amide bonds. The molecule has 0 unspecified atom stereocenters. The Bertz CT molecular complexity index is 745. The first-order chi connectivity index (χ1) is 8.78. The Morgan fingerprint density at radius 3 is 3.11 bits per heavy atom. The lowest BCUT2D eigenvalue weighted by molar-refractivity contribution is 0.735. The summed E-state index contributed by atoms with van der Waals surface area (Å²) < 4.78 is 1.51. The van der Waals surface area contributed by atoms with Crippen molar-refractivity contribution in [1.82, 2.24) is 19.7 Å². The zero-order valence-electron chi connectivity index (χ0n) is 9.03. The Hall–Kier alpha value is -1.84. The van der Waals surface area contributed by atoms with Crippen LogP contribution in [0.5, 0.6) is 0 Å². The number of thiophene rings is 1. The highest BCUT2D eigenvalue weighted by molar-refractivity contribution is 7.16. The Morgan fingerprint density at radius 2 is 2.33 bits per heavy atom. The summed E-state index contributed by atoms with van der Waals surface area (Å²) in [5.74, 6) is 5.23. The molecule has 0 atom stereocenters. The molecule has 9 heteroatoms. The van der Waals surface area contributed by atoms with Crippen molar-refractivity contribution in [2.24, 2.45) is 5.84 Å². The maximum absolute atomic E-state index is 12.1. The minimum absolute atomic E-state index is 0.0706. The minimum atomic E-state index is -0.0706. The van der Waals surface area contributed by atoms with Gasteiger partial charge in [-0.05, 0) is 11.4 Å². The molecule has 3 N–H and O–H groups in total. The molecule has 0 aliphatic carbocycles. The van der Waals surface area contributed by atoms with Gasteiger partial charge in [0, 0.05) is 0 Å². The van der Waals surface area contributed by atoms with Gasteiger partial charge in [0.2, 0.25) is 5.13 Å². The number of rotatable bonds is 3. The Balaban J connectivity index is 1.99. The number of fused-ring (bicyclic) bond motifs is 1. The van der Waals surface area contributed by atoms with Crippen molar-refractivity contribution in [3.8, 4) is 0 Å². The van der Waals surface area contributed by atoms with Crippen molar-refractivity contribution < 1.29 is 0 Å². The van der Waals surface area contributed by atoms with Crippen LogP contribution in [0, 0.1) is 0 Å². The van der Waals surface area contributed by atoms with Crippen LogP contribution in [-0.4, -0.2) is 19.7 Å². The molecule has 0 fully saturated rings. The lowest BCUT2D eigenvalue weighted by Crippen LogP contribution is -2.20. The van der Waals surface area contributed by atoms with Gasteiger partial charge < -0.3 is 0 Å². The Morgan fingerprint density at radius 1 is 1.44 bits per heavy atom. The summed E-state index contributed by atoms with van der Waals surface area (Å²) >= 11 is 2.75. The number of nitrogen functional groups attached to an aromatic ring is 1. The zero-order valence-corrected chi connectivity index (χ0v) is 10.7. The second-order valence-corrected chi connectivity index (χ2v) is 5.42. The van der Waals surface area contributed by atoms with Crippen LogP contribution < -0.4 is 16.8 Å². The molecule has 3 heterocycles. The van der Waals surface area contributed by atoms with Gasteiger partial charge in [0.15, 0.2) is 0 Å². The van der Waals surface area contributed by atoms with Gasteiger partial charge in [-0.3, -0.25) is 14.8 Å². The van der Waals surface area contributed by atoms with E-state index < -0.39 is 0 Å². The SMILES string of the molecule is NNc1nnc(Cn2cnc3sccc3c2=O)s1. The molecule has 0 bridgehead atoms. The number of hydrogen-bond acceptors (Lipinski definition) is 8. The molecule has 0 aliphatic rings. The lowest BCUT2D eigenvalue weighted by atomic mass is 10.4. The molecule has 92 valence electrons. The maximum Gasteiger partial charge on any atom is 0.262 e. The Kier molecular flexibility index (Phi) is 2.78. The van der Waals surface area contributed by atoms with E-state index in [1.807, 2.05) is 5.38 Å². The molecule has 0 saturated heterocycles. The molecule has 18 heavy (non-hydrogen) atoms. The third-order valence-electron chi connectivity index (χ3n) is 2.35. The van der Waals surface area contributed by atoms with E-state index >= 15 is 0 Å². The average Bonchev–Trinajstić information content (AvgIpc) is 3.01. The number of hydrazine groups is 1. The van der Waals surface area contributed by atoms with Gasteiger partial charge in [-0.1, -0.05) is 11.3 Å². The monoisotopic (exact) mass is 280 g/mol. The van der Waals surface area contributed by atoms with E-state index in [1.54, 1.807) is 6.07 Å². The maximum atomic E-state index is 12.1. The molecule has 7 nitrogen and oxygen atoms in total. The molecule has 0 aromatic carbocycles. The zero-order chi connectivity index (χ0) is 12.5. The molecule has 3 rings (SSSR count). The number of aromatic nitrogens is 4. The number of nitrogens with two attached hydrogens (primary N) is 1. The van der Waals surface area contributed by atoms with Crippen LogP contribution in [-0.2, 0) is 6.54 Å². The molecule has 0 saturated carbocycles. The highest BCUT2D eigenvalue weighted by atomic mass is 32.1. The van der Waals surface area contributed by atoms with Crippen LogP contribution in [0.2, 0.25) is 0 Å². The number of nitrogens with one attached hydrogen (secondary N) is 1. The molecular weight excluding hydrogens is 272 g/mol. The van der Waals surface area contributed by atoms with Crippen molar-refractivity contribution in [1.29, 1.82) is 0 Å². The number of anilines is 1. The largest absolute Gasteiger partial charge is 0.298 e. The first-order valence-corrected chi connectivity index (χ1v) is 6.69. The van der Waals surface area contributed by atoms with Crippen LogP contribution in [0.3, 0.4) is 0 Å². The molecule has 0 spiro atoms. The summed E-state index contributed by atoms with van der Waals surface area (Å²) in [7, 11) is 0. The van der Waals surface area contributed by atoms with E-state index in [2.05, 4.69) is 20.6 Å². The quantitative estimate of drug-likeness (QED) is 0.539. The third-order valence-corrected chi connectivity index (χ3v) is 4.01. The lowest BCUT2D eigenvalue weighted by Gasteiger charge is -2.01.